The lowest BCUT2D eigenvalue weighted by Crippen LogP contribution is -2.40. The largest absolute Gasteiger partial charge is 0.508 e. The first-order valence-electron chi connectivity index (χ1n) is 6.50. The quantitative estimate of drug-likeness (QED) is 0.836. The summed E-state index contributed by atoms with van der Waals surface area (Å²) in [5.74, 6) is 0.186. The van der Waals surface area contributed by atoms with E-state index in [9.17, 15) is 9.90 Å². The average Bonchev–Trinajstić information content (AvgIpc) is 2.42. The number of nitrogens with one attached hydrogen (secondary N) is 1. The SMILES string of the molecule is Cc1cccc2c1C(=O)N(C)C(c1cccc(O)c1)N2. The number of aromatic hydroxyl groups is 1. The van der Waals surface area contributed by atoms with E-state index in [-0.39, 0.29) is 17.8 Å². The van der Waals surface area contributed by atoms with Crippen LogP contribution >= 0.6 is 0 Å². The van der Waals surface area contributed by atoms with Crippen molar-refractivity contribution >= 4 is 11.6 Å². The molecule has 1 atom stereocenters. The van der Waals surface area contributed by atoms with Gasteiger partial charge in [-0.2, -0.15) is 0 Å². The van der Waals surface area contributed by atoms with Gasteiger partial charge in [-0.15, -0.1) is 0 Å². The van der Waals surface area contributed by atoms with Gasteiger partial charge in [0.25, 0.3) is 5.91 Å². The van der Waals surface area contributed by atoms with Gasteiger partial charge in [-0.1, -0.05) is 24.3 Å². The van der Waals surface area contributed by atoms with Crippen LogP contribution in [0.2, 0.25) is 0 Å². The normalized spacial score (nSPS) is 17.6. The van der Waals surface area contributed by atoms with Crippen molar-refractivity contribution in [3.8, 4) is 5.75 Å². The minimum absolute atomic E-state index is 0.00908. The van der Waals surface area contributed by atoms with Crippen LogP contribution in [0.1, 0.15) is 27.7 Å². The number of phenolic OH excluding ortho intramolecular Hbond substituents is 1. The van der Waals surface area contributed by atoms with Crippen molar-refractivity contribution in [2.75, 3.05) is 12.4 Å². The topological polar surface area (TPSA) is 52.6 Å². The van der Waals surface area contributed by atoms with Gasteiger partial charge < -0.3 is 15.3 Å². The zero-order valence-electron chi connectivity index (χ0n) is 11.4. The number of fused-ring (bicyclic) bond motifs is 1. The van der Waals surface area contributed by atoms with E-state index in [2.05, 4.69) is 5.32 Å². The lowest BCUT2D eigenvalue weighted by atomic mass is 10.00. The summed E-state index contributed by atoms with van der Waals surface area (Å²) in [5.41, 5.74) is 3.36. The van der Waals surface area contributed by atoms with Gasteiger partial charge in [0.05, 0.1) is 5.56 Å². The monoisotopic (exact) mass is 268 g/mol. The number of benzene rings is 2. The Kier molecular flexibility index (Phi) is 2.86. The van der Waals surface area contributed by atoms with Crippen LogP contribution in [0.15, 0.2) is 42.5 Å². The number of amides is 1. The number of phenols is 1. The molecular formula is C16H16N2O2. The third-order valence-electron chi connectivity index (χ3n) is 3.67. The molecule has 2 aromatic carbocycles. The van der Waals surface area contributed by atoms with Gasteiger partial charge in [0, 0.05) is 12.7 Å². The zero-order valence-corrected chi connectivity index (χ0v) is 11.4. The molecule has 1 aliphatic heterocycles. The molecule has 1 heterocycles. The van der Waals surface area contributed by atoms with E-state index < -0.39 is 0 Å². The predicted octanol–water partition coefficient (Wildman–Crippen LogP) is 2.90. The van der Waals surface area contributed by atoms with Crippen molar-refractivity contribution in [2.45, 2.75) is 13.1 Å². The molecule has 0 saturated heterocycles. The Hall–Kier alpha value is -2.49. The number of nitrogens with zero attached hydrogens (tertiary/aromatic N) is 1. The van der Waals surface area contributed by atoms with Gasteiger partial charge >= 0.3 is 0 Å². The molecule has 1 amide bonds. The first-order chi connectivity index (χ1) is 9.58. The fourth-order valence-electron chi connectivity index (χ4n) is 2.61. The predicted molar refractivity (Wildman–Crippen MR) is 77.7 cm³/mol. The Morgan fingerprint density at radius 3 is 2.70 bits per heavy atom. The molecule has 4 nitrogen and oxygen atoms in total. The van der Waals surface area contributed by atoms with E-state index >= 15 is 0 Å². The first kappa shape index (κ1) is 12.5. The summed E-state index contributed by atoms with van der Waals surface area (Å²) in [6, 6.07) is 12.7. The van der Waals surface area contributed by atoms with Gasteiger partial charge in [-0.05, 0) is 36.2 Å². The highest BCUT2D eigenvalue weighted by Gasteiger charge is 2.31. The summed E-state index contributed by atoms with van der Waals surface area (Å²) in [7, 11) is 1.76. The minimum atomic E-state index is -0.274. The molecule has 2 N–H and O–H groups in total. The van der Waals surface area contributed by atoms with Crippen LogP contribution < -0.4 is 5.32 Å². The highest BCUT2D eigenvalue weighted by atomic mass is 16.3. The highest BCUT2D eigenvalue weighted by Crippen LogP contribution is 2.34. The number of rotatable bonds is 1. The number of carbonyl (C=O) groups excluding carboxylic acids is 1. The highest BCUT2D eigenvalue weighted by molar-refractivity contribution is 6.02. The van der Waals surface area contributed by atoms with E-state index in [4.69, 9.17) is 0 Å². The van der Waals surface area contributed by atoms with Gasteiger partial charge in [0.2, 0.25) is 0 Å². The molecule has 0 saturated carbocycles. The fraction of sp³-hybridized carbons (Fsp3) is 0.188. The molecule has 0 fully saturated rings. The van der Waals surface area contributed by atoms with E-state index in [1.807, 2.05) is 31.2 Å². The van der Waals surface area contributed by atoms with Crippen LogP contribution in [0.25, 0.3) is 0 Å². The Balaban J connectivity index is 2.07. The maximum Gasteiger partial charge on any atom is 0.257 e. The molecule has 0 aliphatic carbocycles. The summed E-state index contributed by atoms with van der Waals surface area (Å²) in [6.45, 7) is 1.93. The summed E-state index contributed by atoms with van der Waals surface area (Å²) >= 11 is 0. The fourth-order valence-corrected chi connectivity index (χ4v) is 2.61. The molecule has 0 bridgehead atoms. The van der Waals surface area contributed by atoms with E-state index in [1.54, 1.807) is 30.1 Å². The molecule has 3 rings (SSSR count). The van der Waals surface area contributed by atoms with Crippen molar-refractivity contribution in [1.82, 2.24) is 4.90 Å². The van der Waals surface area contributed by atoms with E-state index in [1.165, 1.54) is 0 Å². The van der Waals surface area contributed by atoms with Crippen molar-refractivity contribution in [3.63, 3.8) is 0 Å². The van der Waals surface area contributed by atoms with Crippen molar-refractivity contribution in [3.05, 3.63) is 59.2 Å². The standard InChI is InChI=1S/C16H16N2O2/c1-10-5-3-8-13-14(10)16(20)18(2)15(17-13)11-6-4-7-12(19)9-11/h3-9,15,17,19H,1-2H3. The average molecular weight is 268 g/mol. The smallest absolute Gasteiger partial charge is 0.257 e. The summed E-state index contributed by atoms with van der Waals surface area (Å²) < 4.78 is 0. The van der Waals surface area contributed by atoms with E-state index in [0.717, 1.165) is 16.8 Å². The Morgan fingerprint density at radius 1 is 1.20 bits per heavy atom. The van der Waals surface area contributed by atoms with Crippen molar-refractivity contribution < 1.29 is 9.90 Å². The number of anilines is 1. The van der Waals surface area contributed by atoms with Crippen LogP contribution in [0.5, 0.6) is 5.75 Å². The minimum Gasteiger partial charge on any atom is -0.508 e. The van der Waals surface area contributed by atoms with Crippen molar-refractivity contribution in [1.29, 1.82) is 0 Å². The Bertz CT molecular complexity index is 682. The summed E-state index contributed by atoms with van der Waals surface area (Å²) in [5, 5.41) is 13.0. The lowest BCUT2D eigenvalue weighted by molar-refractivity contribution is 0.0734. The number of carbonyl (C=O) groups is 1. The molecule has 20 heavy (non-hydrogen) atoms. The molecule has 0 radical (unpaired) electrons. The molecule has 1 aliphatic rings. The number of hydrogen-bond acceptors (Lipinski definition) is 3. The molecule has 1 unspecified atom stereocenters. The van der Waals surface area contributed by atoms with Crippen LogP contribution in [-0.2, 0) is 0 Å². The first-order valence-corrected chi connectivity index (χ1v) is 6.50. The molecule has 0 spiro atoms. The van der Waals surface area contributed by atoms with E-state index in [0.29, 0.717) is 5.56 Å². The maximum absolute atomic E-state index is 12.5. The number of hydrogen-bond donors (Lipinski definition) is 2. The molecule has 0 aromatic heterocycles. The summed E-state index contributed by atoms with van der Waals surface area (Å²) in [6.07, 6.45) is -0.274. The van der Waals surface area contributed by atoms with Crippen LogP contribution in [-0.4, -0.2) is 23.0 Å². The van der Waals surface area contributed by atoms with Gasteiger partial charge in [0.1, 0.15) is 11.9 Å². The molecule has 102 valence electrons. The lowest BCUT2D eigenvalue weighted by Gasteiger charge is -2.36. The van der Waals surface area contributed by atoms with Crippen molar-refractivity contribution in [2.24, 2.45) is 0 Å². The second kappa shape index (κ2) is 4.56. The van der Waals surface area contributed by atoms with Gasteiger partial charge in [0.15, 0.2) is 0 Å². The maximum atomic E-state index is 12.5. The van der Waals surface area contributed by atoms with Crippen LogP contribution in [0, 0.1) is 6.92 Å². The van der Waals surface area contributed by atoms with Gasteiger partial charge in [-0.25, -0.2) is 0 Å². The molecular weight excluding hydrogens is 252 g/mol. The Labute approximate surface area is 117 Å². The second-order valence-electron chi connectivity index (χ2n) is 5.06. The molecule has 4 heteroatoms. The third-order valence-corrected chi connectivity index (χ3v) is 3.67. The summed E-state index contributed by atoms with van der Waals surface area (Å²) in [4.78, 5) is 14.2. The molecule has 2 aromatic rings. The number of aryl methyl sites for hydroxylation is 1. The Morgan fingerprint density at radius 2 is 1.95 bits per heavy atom. The van der Waals surface area contributed by atoms with Crippen LogP contribution in [0.4, 0.5) is 5.69 Å². The second-order valence-corrected chi connectivity index (χ2v) is 5.06. The third kappa shape index (κ3) is 1.90. The van der Waals surface area contributed by atoms with Crippen LogP contribution in [0.3, 0.4) is 0 Å². The zero-order chi connectivity index (χ0) is 14.3. The van der Waals surface area contributed by atoms with Gasteiger partial charge in [-0.3, -0.25) is 4.79 Å².